The fraction of sp³-hybridized carbons (Fsp3) is 0.600. The van der Waals surface area contributed by atoms with E-state index in [1.807, 2.05) is 25.1 Å². The summed E-state index contributed by atoms with van der Waals surface area (Å²) in [5, 5.41) is 12.8. The van der Waals surface area contributed by atoms with Crippen LogP contribution in [0.5, 0.6) is 11.5 Å². The largest absolute Gasteiger partial charge is 0.497 e. The fourth-order valence-corrected chi connectivity index (χ4v) is 2.85. The maximum Gasteiger partial charge on any atom is 0.127 e. The molecule has 114 valence electrons. The van der Waals surface area contributed by atoms with E-state index in [-0.39, 0.29) is 17.9 Å². The maximum absolute atomic E-state index is 9.13. The van der Waals surface area contributed by atoms with Gasteiger partial charge in [0.2, 0.25) is 0 Å². The summed E-state index contributed by atoms with van der Waals surface area (Å²) < 4.78 is 10.7. The van der Waals surface area contributed by atoms with Crippen molar-refractivity contribution >= 4 is 11.8 Å². The van der Waals surface area contributed by atoms with E-state index in [0.29, 0.717) is 0 Å². The summed E-state index contributed by atoms with van der Waals surface area (Å²) in [5.41, 5.74) is 1.12. The summed E-state index contributed by atoms with van der Waals surface area (Å²) in [7, 11) is 3.32. The zero-order valence-electron chi connectivity index (χ0n) is 12.7. The first kappa shape index (κ1) is 17.1. The molecule has 20 heavy (non-hydrogen) atoms. The van der Waals surface area contributed by atoms with Crippen LogP contribution in [-0.4, -0.2) is 43.5 Å². The molecule has 1 aromatic carbocycles. The van der Waals surface area contributed by atoms with Crippen molar-refractivity contribution in [3.05, 3.63) is 23.8 Å². The third-order valence-electron chi connectivity index (χ3n) is 3.07. The molecule has 0 bridgehead atoms. The van der Waals surface area contributed by atoms with Crippen molar-refractivity contribution in [3.63, 3.8) is 0 Å². The highest BCUT2D eigenvalue weighted by molar-refractivity contribution is 7.99. The number of benzene rings is 1. The molecule has 5 heteroatoms. The molecule has 2 atom stereocenters. The number of ether oxygens (including phenoxy) is 2. The van der Waals surface area contributed by atoms with Crippen LogP contribution in [0, 0.1) is 0 Å². The first-order chi connectivity index (χ1) is 9.65. The van der Waals surface area contributed by atoms with Crippen LogP contribution in [0.4, 0.5) is 0 Å². The van der Waals surface area contributed by atoms with Crippen LogP contribution in [0.2, 0.25) is 0 Å². The third-order valence-corrected chi connectivity index (χ3v) is 4.31. The number of methoxy groups -OCH3 is 2. The van der Waals surface area contributed by atoms with E-state index in [1.54, 1.807) is 26.0 Å². The lowest BCUT2D eigenvalue weighted by Gasteiger charge is -2.22. The summed E-state index contributed by atoms with van der Waals surface area (Å²) in [6.07, 6.45) is 0. The lowest BCUT2D eigenvalue weighted by molar-refractivity contribution is 0.300. The molecule has 0 aliphatic rings. The minimum atomic E-state index is 0.194. The standard InChI is InChI=1S/C15H25NO3S/c1-5-16-14(10-20-11(2)9-17)13-7-6-12(18-3)8-15(13)19-4/h6-8,11,14,16-17H,5,9-10H2,1-4H3. The Balaban J connectivity index is 2.89. The van der Waals surface area contributed by atoms with Gasteiger partial charge in [0.25, 0.3) is 0 Å². The van der Waals surface area contributed by atoms with Crippen molar-refractivity contribution in [2.75, 3.05) is 33.1 Å². The van der Waals surface area contributed by atoms with Gasteiger partial charge in [0.1, 0.15) is 11.5 Å². The highest BCUT2D eigenvalue weighted by Gasteiger charge is 2.17. The van der Waals surface area contributed by atoms with Crippen LogP contribution < -0.4 is 14.8 Å². The minimum Gasteiger partial charge on any atom is -0.497 e. The molecule has 4 nitrogen and oxygen atoms in total. The van der Waals surface area contributed by atoms with Gasteiger partial charge >= 0.3 is 0 Å². The number of nitrogens with one attached hydrogen (secondary N) is 1. The van der Waals surface area contributed by atoms with Gasteiger partial charge in [-0.2, -0.15) is 11.8 Å². The number of rotatable bonds is 9. The molecule has 0 heterocycles. The molecule has 0 aliphatic heterocycles. The van der Waals surface area contributed by atoms with Crippen LogP contribution in [-0.2, 0) is 0 Å². The van der Waals surface area contributed by atoms with Gasteiger partial charge < -0.3 is 19.9 Å². The summed E-state index contributed by atoms with van der Waals surface area (Å²) >= 11 is 1.75. The van der Waals surface area contributed by atoms with Crippen molar-refractivity contribution in [1.82, 2.24) is 5.32 Å². The normalized spacial score (nSPS) is 13.8. The zero-order chi connectivity index (χ0) is 15.0. The third kappa shape index (κ3) is 4.89. The Kier molecular flexibility index (Phi) is 7.80. The molecular weight excluding hydrogens is 274 g/mol. The second kappa shape index (κ2) is 9.10. The number of hydrogen-bond donors (Lipinski definition) is 2. The summed E-state index contributed by atoms with van der Waals surface area (Å²) in [6.45, 7) is 5.19. The van der Waals surface area contributed by atoms with Crippen LogP contribution in [0.15, 0.2) is 18.2 Å². The Hall–Kier alpha value is -0.910. The van der Waals surface area contributed by atoms with E-state index in [2.05, 4.69) is 12.2 Å². The molecule has 2 N–H and O–H groups in total. The minimum absolute atomic E-state index is 0.194. The van der Waals surface area contributed by atoms with E-state index in [4.69, 9.17) is 14.6 Å². The van der Waals surface area contributed by atoms with Crippen LogP contribution >= 0.6 is 11.8 Å². The molecule has 1 aromatic rings. The van der Waals surface area contributed by atoms with Crippen molar-refractivity contribution in [2.45, 2.75) is 25.1 Å². The van der Waals surface area contributed by atoms with E-state index in [9.17, 15) is 0 Å². The summed E-state index contributed by atoms with van der Waals surface area (Å²) in [6, 6.07) is 6.08. The van der Waals surface area contributed by atoms with Gasteiger partial charge in [-0.15, -0.1) is 0 Å². The molecule has 0 fully saturated rings. The van der Waals surface area contributed by atoms with Gasteiger partial charge in [0.05, 0.1) is 20.8 Å². The molecule has 0 saturated heterocycles. The first-order valence-electron chi connectivity index (χ1n) is 6.84. The SMILES string of the molecule is CCNC(CSC(C)CO)c1ccc(OC)cc1OC. The maximum atomic E-state index is 9.13. The molecule has 0 spiro atoms. The van der Waals surface area contributed by atoms with Crippen molar-refractivity contribution in [3.8, 4) is 11.5 Å². The second-order valence-electron chi connectivity index (χ2n) is 4.54. The summed E-state index contributed by atoms with van der Waals surface area (Å²) in [4.78, 5) is 0. The van der Waals surface area contributed by atoms with Crippen LogP contribution in [0.3, 0.4) is 0 Å². The number of hydrogen-bond acceptors (Lipinski definition) is 5. The average Bonchev–Trinajstić information content (AvgIpc) is 2.50. The smallest absolute Gasteiger partial charge is 0.127 e. The molecule has 2 unspecified atom stereocenters. The lowest BCUT2D eigenvalue weighted by Crippen LogP contribution is -2.24. The molecule has 0 aromatic heterocycles. The lowest BCUT2D eigenvalue weighted by atomic mass is 10.1. The van der Waals surface area contributed by atoms with Gasteiger partial charge in [-0.05, 0) is 12.6 Å². The summed E-state index contributed by atoms with van der Waals surface area (Å²) in [5.74, 6) is 2.50. The van der Waals surface area contributed by atoms with Gasteiger partial charge in [0, 0.05) is 28.7 Å². The van der Waals surface area contributed by atoms with Crippen molar-refractivity contribution in [2.24, 2.45) is 0 Å². The van der Waals surface area contributed by atoms with E-state index < -0.39 is 0 Å². The quantitative estimate of drug-likeness (QED) is 0.733. The molecular formula is C15H25NO3S. The molecule has 0 amide bonds. The second-order valence-corrected chi connectivity index (χ2v) is 6.02. The highest BCUT2D eigenvalue weighted by atomic mass is 32.2. The number of aliphatic hydroxyl groups excluding tert-OH is 1. The molecule has 0 radical (unpaired) electrons. The van der Waals surface area contributed by atoms with E-state index in [0.717, 1.165) is 29.4 Å². The molecule has 0 aliphatic carbocycles. The Morgan fingerprint density at radius 2 is 2.05 bits per heavy atom. The van der Waals surface area contributed by atoms with Gasteiger partial charge in [-0.3, -0.25) is 0 Å². The predicted molar refractivity (Wildman–Crippen MR) is 85.0 cm³/mol. The first-order valence-corrected chi connectivity index (χ1v) is 7.88. The van der Waals surface area contributed by atoms with Gasteiger partial charge in [0.15, 0.2) is 0 Å². The Bertz CT molecular complexity index is 401. The van der Waals surface area contributed by atoms with Crippen molar-refractivity contribution in [1.29, 1.82) is 0 Å². The van der Waals surface area contributed by atoms with E-state index in [1.165, 1.54) is 0 Å². The van der Waals surface area contributed by atoms with E-state index >= 15 is 0 Å². The average molecular weight is 299 g/mol. The Morgan fingerprint density at radius 3 is 2.60 bits per heavy atom. The topological polar surface area (TPSA) is 50.7 Å². The van der Waals surface area contributed by atoms with Gasteiger partial charge in [-0.25, -0.2) is 0 Å². The highest BCUT2D eigenvalue weighted by Crippen LogP contribution is 2.31. The molecule has 1 rings (SSSR count). The number of thioether (sulfide) groups is 1. The molecule has 0 saturated carbocycles. The Morgan fingerprint density at radius 1 is 1.30 bits per heavy atom. The number of aliphatic hydroxyl groups is 1. The van der Waals surface area contributed by atoms with Gasteiger partial charge in [-0.1, -0.05) is 19.9 Å². The Labute approximate surface area is 125 Å². The fourth-order valence-electron chi connectivity index (χ4n) is 1.92. The van der Waals surface area contributed by atoms with Crippen LogP contribution in [0.25, 0.3) is 0 Å². The van der Waals surface area contributed by atoms with Crippen molar-refractivity contribution < 1.29 is 14.6 Å². The zero-order valence-corrected chi connectivity index (χ0v) is 13.5. The van der Waals surface area contributed by atoms with Crippen LogP contribution in [0.1, 0.15) is 25.5 Å². The predicted octanol–water partition coefficient (Wildman–Crippen LogP) is 2.47. The monoisotopic (exact) mass is 299 g/mol.